The third-order valence-corrected chi connectivity index (χ3v) is 3.51. The Hall–Kier alpha value is -0.610. The number of nitrogens with two attached hydrogens (primary N) is 1. The van der Waals surface area contributed by atoms with Crippen molar-refractivity contribution in [2.75, 3.05) is 20.2 Å². The maximum atomic E-state index is 11.6. The van der Waals surface area contributed by atoms with Crippen molar-refractivity contribution in [1.82, 2.24) is 4.90 Å². The molecule has 4 heteroatoms. The summed E-state index contributed by atoms with van der Waals surface area (Å²) in [6.07, 6.45) is 3.19. The second-order valence-corrected chi connectivity index (χ2v) is 4.25. The van der Waals surface area contributed by atoms with Crippen LogP contribution in [-0.2, 0) is 9.53 Å². The van der Waals surface area contributed by atoms with Crippen LogP contribution >= 0.6 is 0 Å². The highest BCUT2D eigenvalue weighted by molar-refractivity contribution is 5.74. The van der Waals surface area contributed by atoms with Gasteiger partial charge in [0.15, 0.2) is 0 Å². The topological polar surface area (TPSA) is 55.6 Å². The highest BCUT2D eigenvalue weighted by Gasteiger charge is 2.43. The number of hydrogen-bond donors (Lipinski definition) is 1. The molecule has 2 fully saturated rings. The number of esters is 1. The third kappa shape index (κ3) is 1.53. The van der Waals surface area contributed by atoms with Gasteiger partial charge >= 0.3 is 5.97 Å². The number of fused-ring (bicyclic) bond motifs is 1. The minimum atomic E-state index is -0.130. The van der Waals surface area contributed by atoms with Crippen LogP contribution in [0.2, 0.25) is 0 Å². The van der Waals surface area contributed by atoms with Crippen LogP contribution in [0.3, 0.4) is 0 Å². The van der Waals surface area contributed by atoms with Gasteiger partial charge in [-0.05, 0) is 32.4 Å². The largest absolute Gasteiger partial charge is 0.469 e. The molecule has 3 atom stereocenters. The van der Waals surface area contributed by atoms with Crippen molar-refractivity contribution in [3.63, 3.8) is 0 Å². The van der Waals surface area contributed by atoms with E-state index in [4.69, 9.17) is 10.5 Å². The lowest BCUT2D eigenvalue weighted by Gasteiger charge is -2.38. The van der Waals surface area contributed by atoms with Crippen molar-refractivity contribution >= 4 is 5.97 Å². The first-order valence-electron chi connectivity index (χ1n) is 5.31. The second-order valence-electron chi connectivity index (χ2n) is 4.25. The predicted molar refractivity (Wildman–Crippen MR) is 52.7 cm³/mol. The van der Waals surface area contributed by atoms with Crippen LogP contribution in [0, 0.1) is 5.92 Å². The number of nitrogens with zero attached hydrogens (tertiary/aromatic N) is 1. The fraction of sp³-hybridized carbons (Fsp3) is 0.900. The van der Waals surface area contributed by atoms with Crippen molar-refractivity contribution in [2.24, 2.45) is 11.7 Å². The number of methoxy groups -OCH3 is 1. The van der Waals surface area contributed by atoms with E-state index >= 15 is 0 Å². The highest BCUT2D eigenvalue weighted by Crippen LogP contribution is 2.31. The Kier molecular flexibility index (Phi) is 2.74. The van der Waals surface area contributed by atoms with Crippen LogP contribution in [0.15, 0.2) is 0 Å². The molecule has 0 aromatic heterocycles. The Bertz CT molecular complexity index is 232. The Morgan fingerprint density at radius 1 is 1.43 bits per heavy atom. The molecule has 2 aliphatic rings. The molecular formula is C10H18N2O2. The lowest BCUT2D eigenvalue weighted by atomic mass is 9.85. The van der Waals surface area contributed by atoms with Crippen LogP contribution < -0.4 is 5.73 Å². The van der Waals surface area contributed by atoms with E-state index in [0.717, 1.165) is 25.9 Å². The van der Waals surface area contributed by atoms with Gasteiger partial charge < -0.3 is 10.5 Å². The van der Waals surface area contributed by atoms with E-state index in [1.165, 1.54) is 13.5 Å². The van der Waals surface area contributed by atoms with Gasteiger partial charge in [0.2, 0.25) is 0 Å². The zero-order valence-electron chi connectivity index (χ0n) is 8.61. The molecule has 0 aromatic rings. The number of hydrogen-bond acceptors (Lipinski definition) is 4. The normalized spacial score (nSPS) is 38.0. The Morgan fingerprint density at radius 2 is 2.21 bits per heavy atom. The standard InChI is InChI=1S/C10H18N2O2/c1-14-10(13)9-7(11)4-6-12-5-2-3-8(9)12/h7-9H,2-6,11H2,1H3/t7?,8-,9+/m0/s1. The summed E-state index contributed by atoms with van der Waals surface area (Å²) in [5.74, 6) is -0.231. The lowest BCUT2D eigenvalue weighted by molar-refractivity contribution is -0.149. The molecule has 0 radical (unpaired) electrons. The molecule has 0 aliphatic carbocycles. The molecule has 0 saturated carbocycles. The molecule has 0 spiro atoms. The smallest absolute Gasteiger partial charge is 0.311 e. The zero-order chi connectivity index (χ0) is 10.1. The molecule has 80 valence electrons. The molecule has 2 heterocycles. The highest BCUT2D eigenvalue weighted by atomic mass is 16.5. The monoisotopic (exact) mass is 198 g/mol. The molecule has 0 bridgehead atoms. The number of piperidine rings is 1. The molecular weight excluding hydrogens is 180 g/mol. The third-order valence-electron chi connectivity index (χ3n) is 3.51. The van der Waals surface area contributed by atoms with E-state index < -0.39 is 0 Å². The molecule has 14 heavy (non-hydrogen) atoms. The molecule has 2 rings (SSSR count). The summed E-state index contributed by atoms with van der Waals surface area (Å²) in [6, 6.07) is 0.327. The van der Waals surface area contributed by atoms with Crippen molar-refractivity contribution in [3.8, 4) is 0 Å². The van der Waals surface area contributed by atoms with Crippen LogP contribution in [0.1, 0.15) is 19.3 Å². The fourth-order valence-corrected chi connectivity index (χ4v) is 2.78. The number of ether oxygens (including phenoxy) is 1. The van der Waals surface area contributed by atoms with Gasteiger partial charge in [0.1, 0.15) is 0 Å². The van der Waals surface area contributed by atoms with E-state index in [1.807, 2.05) is 0 Å². The second kappa shape index (κ2) is 3.87. The number of carbonyl (C=O) groups excluding carboxylic acids is 1. The van der Waals surface area contributed by atoms with Gasteiger partial charge in [0.25, 0.3) is 0 Å². The van der Waals surface area contributed by atoms with Gasteiger partial charge in [0, 0.05) is 12.1 Å². The minimum absolute atomic E-state index is 0.0122. The summed E-state index contributed by atoms with van der Waals surface area (Å²) in [6.45, 7) is 2.16. The van der Waals surface area contributed by atoms with Gasteiger partial charge in [-0.15, -0.1) is 0 Å². The van der Waals surface area contributed by atoms with Gasteiger partial charge in [-0.3, -0.25) is 9.69 Å². The zero-order valence-corrected chi connectivity index (χ0v) is 8.61. The summed E-state index contributed by atoms with van der Waals surface area (Å²) in [7, 11) is 1.45. The van der Waals surface area contributed by atoms with Crippen molar-refractivity contribution in [2.45, 2.75) is 31.3 Å². The van der Waals surface area contributed by atoms with E-state index in [9.17, 15) is 4.79 Å². The van der Waals surface area contributed by atoms with Gasteiger partial charge in [0.05, 0.1) is 13.0 Å². The Labute approximate surface area is 84.4 Å². The molecule has 1 unspecified atom stereocenters. The van der Waals surface area contributed by atoms with Crippen LogP contribution in [-0.4, -0.2) is 43.2 Å². The summed E-state index contributed by atoms with van der Waals surface area (Å²) in [4.78, 5) is 14.0. The van der Waals surface area contributed by atoms with Crippen LogP contribution in [0.5, 0.6) is 0 Å². The Morgan fingerprint density at radius 3 is 2.93 bits per heavy atom. The van der Waals surface area contributed by atoms with Gasteiger partial charge in [-0.1, -0.05) is 0 Å². The van der Waals surface area contributed by atoms with Crippen LogP contribution in [0.4, 0.5) is 0 Å². The molecule has 2 saturated heterocycles. The van der Waals surface area contributed by atoms with Gasteiger partial charge in [-0.25, -0.2) is 0 Å². The molecule has 0 aromatic carbocycles. The molecule has 4 nitrogen and oxygen atoms in total. The Balaban J connectivity index is 2.13. The summed E-state index contributed by atoms with van der Waals surface area (Å²) in [5.41, 5.74) is 5.98. The first-order chi connectivity index (χ1) is 6.74. The number of carbonyl (C=O) groups is 1. The maximum Gasteiger partial charge on any atom is 0.311 e. The van der Waals surface area contributed by atoms with Crippen molar-refractivity contribution < 1.29 is 9.53 Å². The average molecular weight is 198 g/mol. The number of rotatable bonds is 1. The average Bonchev–Trinajstić information content (AvgIpc) is 2.64. The first-order valence-corrected chi connectivity index (χ1v) is 5.31. The molecule has 2 N–H and O–H groups in total. The summed E-state index contributed by atoms with van der Waals surface area (Å²) in [5, 5.41) is 0. The summed E-state index contributed by atoms with van der Waals surface area (Å²) < 4.78 is 4.82. The molecule has 0 amide bonds. The first kappa shape index (κ1) is 9.93. The fourth-order valence-electron chi connectivity index (χ4n) is 2.78. The van der Waals surface area contributed by atoms with E-state index in [-0.39, 0.29) is 17.9 Å². The van der Waals surface area contributed by atoms with Crippen molar-refractivity contribution in [3.05, 3.63) is 0 Å². The van der Waals surface area contributed by atoms with Gasteiger partial charge in [-0.2, -0.15) is 0 Å². The van der Waals surface area contributed by atoms with E-state index in [0.29, 0.717) is 6.04 Å². The molecule has 2 aliphatic heterocycles. The SMILES string of the molecule is COC(=O)[C@@H]1C(N)CCN2CCC[C@@H]12. The van der Waals surface area contributed by atoms with E-state index in [2.05, 4.69) is 4.90 Å². The minimum Gasteiger partial charge on any atom is -0.469 e. The van der Waals surface area contributed by atoms with Crippen molar-refractivity contribution in [1.29, 1.82) is 0 Å². The summed E-state index contributed by atoms with van der Waals surface area (Å²) >= 11 is 0. The quantitative estimate of drug-likeness (QED) is 0.601. The van der Waals surface area contributed by atoms with E-state index in [1.54, 1.807) is 0 Å². The maximum absolute atomic E-state index is 11.6. The lowest BCUT2D eigenvalue weighted by Crippen LogP contribution is -2.54. The predicted octanol–water partition coefficient (Wildman–Crippen LogP) is -0.0290. The van der Waals surface area contributed by atoms with Crippen LogP contribution in [0.25, 0.3) is 0 Å².